The summed E-state index contributed by atoms with van der Waals surface area (Å²) in [6, 6.07) is 7.98. The van der Waals surface area contributed by atoms with Crippen LogP contribution in [0, 0.1) is 0 Å². The van der Waals surface area contributed by atoms with Gasteiger partial charge in [-0.1, -0.05) is 12.1 Å². The molecule has 15 nitrogen and oxygen atoms in total. The number of esters is 1. The molecular formula is C29H36O15. The fourth-order valence-electron chi connectivity index (χ4n) is 4.76. The molecule has 44 heavy (non-hydrogen) atoms. The van der Waals surface area contributed by atoms with Crippen LogP contribution in [0.2, 0.25) is 0 Å². The number of ether oxygens (including phenoxy) is 5. The number of benzene rings is 2. The van der Waals surface area contributed by atoms with Gasteiger partial charge in [-0.3, -0.25) is 0 Å². The SMILES string of the molecule is C[C@@H]1O[C@@H](O[C@@H]2[C@H](O)[C@@H](OCCc3ccc(O)c(O)c3)O[C@H](CO)[C@@H]2OC(=O)/C=C/c2ccc(O)c(O)c2)[C@H](O)[C@H](O)[C@@H]1O. The van der Waals surface area contributed by atoms with Crippen molar-refractivity contribution in [3.8, 4) is 23.0 Å². The Bertz CT molecular complexity index is 1300. The maximum Gasteiger partial charge on any atom is 0.331 e. The number of aliphatic hydroxyl groups excluding tert-OH is 5. The van der Waals surface area contributed by atoms with E-state index in [1.165, 1.54) is 43.3 Å². The molecule has 2 saturated heterocycles. The van der Waals surface area contributed by atoms with Crippen LogP contribution in [0.4, 0.5) is 0 Å². The second-order valence-corrected chi connectivity index (χ2v) is 10.4. The van der Waals surface area contributed by atoms with Gasteiger partial charge in [0.15, 0.2) is 41.7 Å². The zero-order valence-corrected chi connectivity index (χ0v) is 23.5. The van der Waals surface area contributed by atoms with Gasteiger partial charge in [0.1, 0.15) is 36.6 Å². The largest absolute Gasteiger partial charge is 0.504 e. The molecule has 2 aromatic rings. The Kier molecular flexibility index (Phi) is 11.0. The number of rotatable bonds is 10. The van der Waals surface area contributed by atoms with Gasteiger partial charge in [0.25, 0.3) is 0 Å². The molecule has 0 unspecified atom stereocenters. The second-order valence-electron chi connectivity index (χ2n) is 10.4. The van der Waals surface area contributed by atoms with Crippen LogP contribution in [0.3, 0.4) is 0 Å². The minimum absolute atomic E-state index is 0.0754. The maximum atomic E-state index is 12.8. The predicted molar refractivity (Wildman–Crippen MR) is 147 cm³/mol. The van der Waals surface area contributed by atoms with Gasteiger partial charge in [-0.25, -0.2) is 4.79 Å². The highest BCUT2D eigenvalue weighted by Crippen LogP contribution is 2.32. The minimum Gasteiger partial charge on any atom is -0.504 e. The number of carbonyl (C=O) groups excluding carboxylic acids is 1. The molecule has 2 aliphatic heterocycles. The van der Waals surface area contributed by atoms with Crippen molar-refractivity contribution in [1.29, 1.82) is 0 Å². The lowest BCUT2D eigenvalue weighted by Crippen LogP contribution is -2.65. The van der Waals surface area contributed by atoms with Gasteiger partial charge in [-0.05, 0) is 54.8 Å². The van der Waals surface area contributed by atoms with E-state index in [0.29, 0.717) is 11.1 Å². The van der Waals surface area contributed by atoms with Crippen molar-refractivity contribution in [3.63, 3.8) is 0 Å². The van der Waals surface area contributed by atoms with E-state index < -0.39 is 79.7 Å². The average Bonchev–Trinajstić information content (AvgIpc) is 2.99. The highest BCUT2D eigenvalue weighted by Gasteiger charge is 2.52. The molecule has 0 aromatic heterocycles. The third kappa shape index (κ3) is 7.76. The summed E-state index contributed by atoms with van der Waals surface area (Å²) in [5, 5.41) is 90.5. The normalized spacial score (nSPS) is 32.5. The number of aromatic hydroxyl groups is 4. The molecule has 242 valence electrons. The molecule has 10 atom stereocenters. The second kappa shape index (κ2) is 14.5. The fraction of sp³-hybridized carbons (Fsp3) is 0.483. The monoisotopic (exact) mass is 624 g/mol. The van der Waals surface area contributed by atoms with Crippen molar-refractivity contribution in [1.82, 2.24) is 0 Å². The standard InChI is InChI=1S/C29H36O15/c1-13-22(36)23(37)24(38)29(41-13)44-27-25(39)28(40-9-8-15-3-6-17(32)19(34)11-15)42-20(12-30)26(27)43-21(35)7-4-14-2-5-16(31)18(33)10-14/h2-7,10-11,13,20,22-34,36-39H,8-9,12H2,1H3/b7-4+/t13-,20+,22+,23+,24+,25-,26-,27+,28-,29-/m0/s1. The summed E-state index contributed by atoms with van der Waals surface area (Å²) < 4.78 is 28.2. The Morgan fingerprint density at radius 1 is 0.818 bits per heavy atom. The van der Waals surface area contributed by atoms with Crippen LogP contribution in [0.15, 0.2) is 42.5 Å². The molecule has 4 rings (SSSR count). The Morgan fingerprint density at radius 2 is 1.50 bits per heavy atom. The highest BCUT2D eigenvalue weighted by atomic mass is 16.7. The summed E-state index contributed by atoms with van der Waals surface area (Å²) in [6.45, 7) is 0.606. The summed E-state index contributed by atoms with van der Waals surface area (Å²) in [4.78, 5) is 12.8. The summed E-state index contributed by atoms with van der Waals surface area (Å²) in [6.07, 6.45) is -12.6. The van der Waals surface area contributed by atoms with Gasteiger partial charge in [0.2, 0.25) is 0 Å². The number of hydrogen-bond acceptors (Lipinski definition) is 15. The lowest BCUT2D eigenvalue weighted by molar-refractivity contribution is -0.357. The number of hydrogen-bond donors (Lipinski definition) is 9. The topological polar surface area (TPSA) is 245 Å². The van der Waals surface area contributed by atoms with Gasteiger partial charge < -0.3 is 69.6 Å². The van der Waals surface area contributed by atoms with Crippen LogP contribution >= 0.6 is 0 Å². The van der Waals surface area contributed by atoms with Gasteiger partial charge in [-0.2, -0.15) is 0 Å². The Balaban J connectivity index is 1.52. The lowest BCUT2D eigenvalue weighted by atomic mass is 9.97. The van der Waals surface area contributed by atoms with Gasteiger partial charge in [-0.15, -0.1) is 0 Å². The number of carbonyl (C=O) groups is 1. The first-order valence-electron chi connectivity index (χ1n) is 13.7. The van der Waals surface area contributed by atoms with Crippen molar-refractivity contribution in [2.45, 2.75) is 74.8 Å². The molecule has 2 heterocycles. The molecule has 2 aliphatic rings. The van der Waals surface area contributed by atoms with Crippen LogP contribution in [0.1, 0.15) is 18.1 Å². The van der Waals surface area contributed by atoms with Crippen LogP contribution in [-0.4, -0.2) is 127 Å². The van der Waals surface area contributed by atoms with E-state index in [0.717, 1.165) is 6.08 Å². The molecule has 0 saturated carbocycles. The first-order chi connectivity index (χ1) is 20.9. The van der Waals surface area contributed by atoms with Crippen molar-refractivity contribution in [3.05, 3.63) is 53.6 Å². The van der Waals surface area contributed by atoms with Gasteiger partial charge in [0.05, 0.1) is 19.3 Å². The molecule has 0 spiro atoms. The number of aliphatic hydroxyl groups is 5. The molecule has 9 N–H and O–H groups in total. The van der Waals surface area contributed by atoms with Crippen molar-refractivity contribution < 1.29 is 74.4 Å². The predicted octanol–water partition coefficient (Wildman–Crippen LogP) is -1.02. The maximum absolute atomic E-state index is 12.8. The van der Waals surface area contributed by atoms with Crippen molar-refractivity contribution in [2.24, 2.45) is 0 Å². The van der Waals surface area contributed by atoms with E-state index in [4.69, 9.17) is 23.7 Å². The van der Waals surface area contributed by atoms with E-state index in [-0.39, 0.29) is 30.3 Å². The molecule has 0 amide bonds. The molecular weight excluding hydrogens is 588 g/mol. The van der Waals surface area contributed by atoms with E-state index in [2.05, 4.69) is 0 Å². The Hall–Kier alpha value is -3.51. The van der Waals surface area contributed by atoms with Crippen LogP contribution in [-0.2, 0) is 34.9 Å². The first-order valence-corrected chi connectivity index (χ1v) is 13.7. The first kappa shape index (κ1) is 33.4. The fourth-order valence-corrected chi connectivity index (χ4v) is 4.76. The van der Waals surface area contributed by atoms with Crippen molar-refractivity contribution >= 4 is 12.0 Å². The number of phenolic OH excluding ortho intramolecular Hbond substituents is 4. The van der Waals surface area contributed by atoms with E-state index in [1.54, 1.807) is 6.07 Å². The Morgan fingerprint density at radius 3 is 2.16 bits per heavy atom. The molecule has 0 bridgehead atoms. The average molecular weight is 625 g/mol. The summed E-state index contributed by atoms with van der Waals surface area (Å²) in [7, 11) is 0. The zero-order chi connectivity index (χ0) is 32.1. The van der Waals surface area contributed by atoms with Crippen LogP contribution in [0.5, 0.6) is 23.0 Å². The van der Waals surface area contributed by atoms with E-state index in [9.17, 15) is 50.8 Å². The molecule has 0 aliphatic carbocycles. The third-order valence-corrected chi connectivity index (χ3v) is 7.27. The molecule has 2 fully saturated rings. The summed E-state index contributed by atoms with van der Waals surface area (Å²) >= 11 is 0. The smallest absolute Gasteiger partial charge is 0.331 e. The Labute approximate surface area is 251 Å². The zero-order valence-electron chi connectivity index (χ0n) is 23.5. The summed E-state index contributed by atoms with van der Waals surface area (Å²) in [5.41, 5.74) is 0.914. The van der Waals surface area contributed by atoms with E-state index >= 15 is 0 Å². The quantitative estimate of drug-likeness (QED) is 0.0873. The van der Waals surface area contributed by atoms with Crippen LogP contribution < -0.4 is 0 Å². The summed E-state index contributed by atoms with van der Waals surface area (Å²) in [5.74, 6) is -2.40. The highest BCUT2D eigenvalue weighted by molar-refractivity contribution is 5.87. The molecule has 0 radical (unpaired) electrons. The lowest BCUT2D eigenvalue weighted by Gasteiger charge is -2.46. The molecule has 15 heteroatoms. The van der Waals surface area contributed by atoms with Gasteiger partial charge in [0, 0.05) is 6.08 Å². The van der Waals surface area contributed by atoms with Gasteiger partial charge >= 0.3 is 5.97 Å². The molecule has 2 aromatic carbocycles. The third-order valence-electron chi connectivity index (χ3n) is 7.27. The van der Waals surface area contributed by atoms with Crippen LogP contribution in [0.25, 0.3) is 6.08 Å². The minimum atomic E-state index is -1.77. The number of phenols is 4. The van der Waals surface area contributed by atoms with Crippen molar-refractivity contribution in [2.75, 3.05) is 13.2 Å². The van der Waals surface area contributed by atoms with E-state index in [1.807, 2.05) is 0 Å².